The second-order valence-electron chi connectivity index (χ2n) is 1.46. The first-order valence-corrected chi connectivity index (χ1v) is 3.14. The molecular formula is C4H8N2OS2. The van der Waals surface area contributed by atoms with E-state index in [2.05, 4.69) is 30.2 Å². The third-order valence-electron chi connectivity index (χ3n) is 0.820. The molecule has 1 amide bonds. The van der Waals surface area contributed by atoms with Gasteiger partial charge in [0.2, 0.25) is 5.91 Å². The lowest BCUT2D eigenvalue weighted by Crippen LogP contribution is -2.42. The minimum Gasteiger partial charge on any atom is -0.368 e. The molecule has 0 radical (unpaired) electrons. The van der Waals surface area contributed by atoms with Gasteiger partial charge in [-0.05, 0) is 7.05 Å². The average Bonchev–Trinajstić information content (AvgIpc) is 1.64. The Bertz CT molecular complexity index is 123. The molecule has 52 valence electrons. The average molecular weight is 164 g/mol. The Morgan fingerprint density at radius 1 is 1.89 bits per heavy atom. The molecule has 0 rings (SSSR count). The molecule has 0 spiro atoms. The fourth-order valence-corrected chi connectivity index (χ4v) is 0.878. The van der Waals surface area contributed by atoms with Crippen LogP contribution in [-0.4, -0.2) is 23.2 Å². The van der Waals surface area contributed by atoms with E-state index in [-0.39, 0.29) is 4.20 Å². The van der Waals surface area contributed by atoms with Crippen molar-refractivity contribution in [2.24, 2.45) is 5.73 Å². The quantitative estimate of drug-likeness (QED) is 0.382. The zero-order valence-corrected chi connectivity index (χ0v) is 6.63. The van der Waals surface area contributed by atoms with Crippen molar-refractivity contribution >= 4 is 35.0 Å². The largest absolute Gasteiger partial charge is 0.368 e. The summed E-state index contributed by atoms with van der Waals surface area (Å²) in [6.07, 6.45) is 0. The van der Waals surface area contributed by atoms with Crippen LogP contribution in [-0.2, 0) is 4.79 Å². The molecule has 0 aliphatic rings. The van der Waals surface area contributed by atoms with Crippen LogP contribution >= 0.6 is 24.8 Å². The summed E-state index contributed by atoms with van der Waals surface area (Å²) in [5.74, 6) is -0.502. The summed E-state index contributed by atoms with van der Waals surface area (Å²) in [5.41, 5.74) is 4.91. The van der Waals surface area contributed by atoms with Gasteiger partial charge in [0.25, 0.3) is 0 Å². The smallest absolute Gasteiger partial charge is 0.240 e. The monoisotopic (exact) mass is 164 g/mol. The molecule has 0 saturated carbocycles. The summed E-state index contributed by atoms with van der Waals surface area (Å²) >= 11 is 8.37. The summed E-state index contributed by atoms with van der Waals surface area (Å²) in [7, 11) is 1.60. The topological polar surface area (TPSA) is 55.1 Å². The number of thiol groups is 1. The highest BCUT2D eigenvalue weighted by Gasteiger charge is 2.14. The molecule has 9 heavy (non-hydrogen) atoms. The van der Waals surface area contributed by atoms with Crippen molar-refractivity contribution in [2.75, 3.05) is 7.05 Å². The van der Waals surface area contributed by atoms with E-state index in [1.807, 2.05) is 0 Å². The van der Waals surface area contributed by atoms with Crippen molar-refractivity contribution in [3.8, 4) is 0 Å². The molecule has 0 saturated heterocycles. The van der Waals surface area contributed by atoms with Crippen LogP contribution in [0.15, 0.2) is 0 Å². The van der Waals surface area contributed by atoms with Crippen LogP contribution in [0.2, 0.25) is 0 Å². The number of carbonyl (C=O) groups excluding carboxylic acids is 1. The number of likely N-dealkylation sites (N-methyl/N-ethyl adjacent to an activating group) is 1. The highest BCUT2D eigenvalue weighted by atomic mass is 32.1. The van der Waals surface area contributed by atoms with Crippen LogP contribution in [0.25, 0.3) is 0 Å². The van der Waals surface area contributed by atoms with Gasteiger partial charge in [-0.25, -0.2) is 0 Å². The number of hydrogen-bond acceptors (Lipinski definition) is 3. The van der Waals surface area contributed by atoms with Crippen LogP contribution < -0.4 is 11.1 Å². The van der Waals surface area contributed by atoms with Crippen molar-refractivity contribution in [3.05, 3.63) is 0 Å². The van der Waals surface area contributed by atoms with E-state index in [0.29, 0.717) is 0 Å². The van der Waals surface area contributed by atoms with Crippen molar-refractivity contribution in [3.63, 3.8) is 0 Å². The number of hydrogen-bond donors (Lipinski definition) is 3. The summed E-state index contributed by atoms with van der Waals surface area (Å²) in [6, 6.07) is -0.594. The molecule has 3 nitrogen and oxygen atoms in total. The summed E-state index contributed by atoms with van der Waals surface area (Å²) in [5, 5.41) is 2.61. The maximum atomic E-state index is 10.4. The van der Waals surface area contributed by atoms with E-state index >= 15 is 0 Å². The van der Waals surface area contributed by atoms with Crippen molar-refractivity contribution in [2.45, 2.75) is 6.04 Å². The van der Waals surface area contributed by atoms with Gasteiger partial charge in [0.05, 0.1) is 4.20 Å². The molecule has 0 aromatic carbocycles. The van der Waals surface area contributed by atoms with Gasteiger partial charge in [-0.15, -0.1) is 12.6 Å². The molecular weight excluding hydrogens is 156 g/mol. The van der Waals surface area contributed by atoms with Crippen LogP contribution in [0.4, 0.5) is 0 Å². The third kappa shape index (κ3) is 2.78. The lowest BCUT2D eigenvalue weighted by molar-refractivity contribution is -0.118. The molecule has 0 aliphatic carbocycles. The lowest BCUT2D eigenvalue weighted by atomic mass is 10.3. The molecule has 3 N–H and O–H groups in total. The normalized spacial score (nSPS) is 12.7. The highest BCUT2D eigenvalue weighted by molar-refractivity contribution is 8.11. The molecule has 0 unspecified atom stereocenters. The van der Waals surface area contributed by atoms with Gasteiger partial charge in [-0.2, -0.15) is 0 Å². The van der Waals surface area contributed by atoms with Gasteiger partial charge >= 0.3 is 0 Å². The van der Waals surface area contributed by atoms with Crippen LogP contribution in [0.1, 0.15) is 0 Å². The Morgan fingerprint density at radius 2 is 2.33 bits per heavy atom. The summed E-state index contributed by atoms with van der Waals surface area (Å²) in [4.78, 5) is 10.4. The van der Waals surface area contributed by atoms with E-state index in [1.165, 1.54) is 0 Å². The number of thiocarbonyl (C=S) groups is 1. The fourth-order valence-electron chi connectivity index (χ4n) is 0.387. The summed E-state index contributed by atoms with van der Waals surface area (Å²) in [6.45, 7) is 0. The Balaban J connectivity index is 3.99. The van der Waals surface area contributed by atoms with Gasteiger partial charge < -0.3 is 11.1 Å². The number of rotatable bonds is 3. The SMILES string of the molecule is CN[C@H](C(N)=O)C(=S)S. The van der Waals surface area contributed by atoms with Crippen LogP contribution in [0.3, 0.4) is 0 Å². The predicted molar refractivity (Wildman–Crippen MR) is 43.6 cm³/mol. The number of amides is 1. The number of nitrogens with two attached hydrogens (primary N) is 1. The fraction of sp³-hybridized carbons (Fsp3) is 0.500. The minimum absolute atomic E-state index is 0.269. The lowest BCUT2D eigenvalue weighted by Gasteiger charge is -2.07. The van der Waals surface area contributed by atoms with Gasteiger partial charge in [0, 0.05) is 0 Å². The van der Waals surface area contributed by atoms with E-state index in [9.17, 15) is 4.79 Å². The van der Waals surface area contributed by atoms with Crippen LogP contribution in [0, 0.1) is 0 Å². The highest BCUT2D eigenvalue weighted by Crippen LogP contribution is 1.91. The Hall–Kier alpha value is -0.130. The zero-order valence-electron chi connectivity index (χ0n) is 4.92. The first-order chi connectivity index (χ1) is 4.09. The van der Waals surface area contributed by atoms with Gasteiger partial charge in [-0.3, -0.25) is 4.79 Å². The van der Waals surface area contributed by atoms with E-state index in [1.54, 1.807) is 7.05 Å². The maximum Gasteiger partial charge on any atom is 0.240 e. The number of nitrogens with one attached hydrogen (secondary N) is 1. The van der Waals surface area contributed by atoms with E-state index < -0.39 is 11.9 Å². The molecule has 0 aliphatic heterocycles. The minimum atomic E-state index is -0.594. The van der Waals surface area contributed by atoms with Gasteiger partial charge in [0.1, 0.15) is 6.04 Å². The molecule has 0 bridgehead atoms. The molecule has 0 fully saturated rings. The molecule has 5 heteroatoms. The van der Waals surface area contributed by atoms with Gasteiger partial charge in [0.15, 0.2) is 0 Å². The molecule has 1 atom stereocenters. The Morgan fingerprint density at radius 3 is 2.33 bits per heavy atom. The predicted octanol–water partition coefficient (Wildman–Crippen LogP) is -0.683. The number of carbonyl (C=O) groups is 1. The van der Waals surface area contributed by atoms with E-state index in [4.69, 9.17) is 5.73 Å². The summed E-state index contributed by atoms with van der Waals surface area (Å²) < 4.78 is 0.269. The standard InChI is InChI=1S/C4H8N2OS2/c1-6-2(3(5)7)4(8)9/h2,6H,1H3,(H2,5,7)(H,8,9)/t2-/m1/s1. The second-order valence-corrected chi connectivity index (χ2v) is 2.69. The van der Waals surface area contributed by atoms with Crippen molar-refractivity contribution in [1.82, 2.24) is 5.32 Å². The second kappa shape index (κ2) is 3.81. The molecule has 0 aromatic rings. The maximum absolute atomic E-state index is 10.4. The first-order valence-electron chi connectivity index (χ1n) is 2.29. The Kier molecular flexibility index (Phi) is 3.76. The first kappa shape index (κ1) is 8.87. The zero-order chi connectivity index (χ0) is 7.44. The molecule has 0 aromatic heterocycles. The van der Waals surface area contributed by atoms with E-state index in [0.717, 1.165) is 0 Å². The van der Waals surface area contributed by atoms with Gasteiger partial charge in [-0.1, -0.05) is 12.2 Å². The number of primary amides is 1. The van der Waals surface area contributed by atoms with Crippen molar-refractivity contribution < 1.29 is 4.79 Å². The van der Waals surface area contributed by atoms with Crippen molar-refractivity contribution in [1.29, 1.82) is 0 Å². The van der Waals surface area contributed by atoms with Crippen LogP contribution in [0.5, 0.6) is 0 Å². The molecule has 0 heterocycles. The third-order valence-corrected chi connectivity index (χ3v) is 1.31. The Labute approximate surface area is 64.4 Å².